The normalized spacial score (nSPS) is 14.6. The average molecular weight is 415 g/mol. The van der Waals surface area contributed by atoms with E-state index >= 15 is 0 Å². The minimum atomic E-state index is -0.242. The molecular formula is C24H38N4O2. The van der Waals surface area contributed by atoms with E-state index in [1.54, 1.807) is 0 Å². The highest BCUT2D eigenvalue weighted by Gasteiger charge is 2.24. The number of unbranched alkanes of at least 4 members (excludes halogenated alkanes) is 1. The van der Waals surface area contributed by atoms with Crippen molar-refractivity contribution in [2.75, 3.05) is 50.5 Å². The molecule has 1 saturated heterocycles. The summed E-state index contributed by atoms with van der Waals surface area (Å²) in [7, 11) is 4.24. The van der Waals surface area contributed by atoms with Crippen LogP contribution in [0, 0.1) is 0 Å². The predicted molar refractivity (Wildman–Crippen MR) is 125 cm³/mol. The Hall–Kier alpha value is -2.34. The fourth-order valence-electron chi connectivity index (χ4n) is 3.96. The Morgan fingerprint density at radius 1 is 1.17 bits per heavy atom. The van der Waals surface area contributed by atoms with Crippen LogP contribution in [0.4, 0.5) is 11.4 Å². The first-order valence-corrected chi connectivity index (χ1v) is 11.2. The molecule has 0 radical (unpaired) electrons. The van der Waals surface area contributed by atoms with Crippen LogP contribution in [0.25, 0.3) is 0 Å². The minimum absolute atomic E-state index is 0.0660. The Morgan fingerprint density at radius 3 is 2.43 bits per heavy atom. The van der Waals surface area contributed by atoms with Gasteiger partial charge in [-0.15, -0.1) is 0 Å². The van der Waals surface area contributed by atoms with Gasteiger partial charge in [0.15, 0.2) is 0 Å². The van der Waals surface area contributed by atoms with Crippen molar-refractivity contribution in [1.82, 2.24) is 9.80 Å². The van der Waals surface area contributed by atoms with Gasteiger partial charge in [-0.05, 0) is 64.1 Å². The van der Waals surface area contributed by atoms with Gasteiger partial charge in [0.25, 0.3) is 5.91 Å². The Balaban J connectivity index is 2.31. The number of amides is 2. The van der Waals surface area contributed by atoms with Gasteiger partial charge < -0.3 is 20.0 Å². The lowest BCUT2D eigenvalue weighted by Gasteiger charge is -2.37. The van der Waals surface area contributed by atoms with Crippen molar-refractivity contribution in [3.05, 3.63) is 36.4 Å². The summed E-state index contributed by atoms with van der Waals surface area (Å²) >= 11 is 0. The highest BCUT2D eigenvalue weighted by molar-refractivity contribution is 6.03. The van der Waals surface area contributed by atoms with Crippen LogP contribution in [0.3, 0.4) is 0 Å². The van der Waals surface area contributed by atoms with E-state index in [-0.39, 0.29) is 11.8 Å². The van der Waals surface area contributed by atoms with Gasteiger partial charge in [-0.1, -0.05) is 26.8 Å². The van der Waals surface area contributed by atoms with Crippen LogP contribution in [0.5, 0.6) is 0 Å². The number of hydrogen-bond donors (Lipinski definition) is 1. The maximum atomic E-state index is 13.2. The topological polar surface area (TPSA) is 55.9 Å². The van der Waals surface area contributed by atoms with Crippen LogP contribution in [0.1, 0.15) is 56.3 Å². The lowest BCUT2D eigenvalue weighted by molar-refractivity contribution is -0.111. The molecule has 1 N–H and O–H groups in total. The Kier molecular flexibility index (Phi) is 9.37. The Bertz CT molecular complexity index is 724. The number of rotatable bonds is 10. The molecule has 0 aliphatic carbocycles. The molecule has 1 aliphatic rings. The van der Waals surface area contributed by atoms with E-state index in [0.29, 0.717) is 11.6 Å². The van der Waals surface area contributed by atoms with Gasteiger partial charge in [0.2, 0.25) is 5.91 Å². The number of nitrogens with one attached hydrogen (secondary N) is 1. The van der Waals surface area contributed by atoms with Crippen molar-refractivity contribution < 1.29 is 9.59 Å². The molecule has 0 spiro atoms. The molecule has 2 rings (SSSR count). The zero-order valence-electron chi connectivity index (χ0n) is 19.1. The van der Waals surface area contributed by atoms with Crippen molar-refractivity contribution in [3.63, 3.8) is 0 Å². The summed E-state index contributed by atoms with van der Waals surface area (Å²) in [5, 5.41) is 2.91. The molecule has 0 saturated carbocycles. The van der Waals surface area contributed by atoms with Gasteiger partial charge in [-0.3, -0.25) is 9.59 Å². The summed E-state index contributed by atoms with van der Waals surface area (Å²) in [5.41, 5.74) is 2.33. The first-order chi connectivity index (χ1) is 14.4. The zero-order chi connectivity index (χ0) is 22.1. The number of benzene rings is 1. The average Bonchev–Trinajstić information content (AvgIpc) is 2.76. The summed E-state index contributed by atoms with van der Waals surface area (Å²) in [6, 6.07) is 6.19. The number of nitrogens with zero attached hydrogens (tertiary/aromatic N) is 3. The lowest BCUT2D eigenvalue weighted by atomic mass is 10.0. The second kappa shape index (κ2) is 11.7. The molecule has 1 aliphatic heterocycles. The van der Waals surface area contributed by atoms with Gasteiger partial charge in [0, 0.05) is 37.8 Å². The number of hydrogen-bond acceptors (Lipinski definition) is 4. The SMILES string of the molecule is C=CC(=O)Nc1ccc(C(=O)N(CCC)CCCC)cc1N1CCC(N(C)C)CC1. The Labute approximate surface area is 181 Å². The molecule has 166 valence electrons. The molecule has 0 unspecified atom stereocenters. The molecule has 1 heterocycles. The molecule has 2 amide bonds. The van der Waals surface area contributed by atoms with E-state index in [1.165, 1.54) is 6.08 Å². The summed E-state index contributed by atoms with van der Waals surface area (Å²) in [6.45, 7) is 11.1. The second-order valence-electron chi connectivity index (χ2n) is 8.25. The molecule has 6 heteroatoms. The van der Waals surface area contributed by atoms with E-state index in [2.05, 4.69) is 49.6 Å². The molecule has 1 aromatic carbocycles. The highest BCUT2D eigenvalue weighted by Crippen LogP contribution is 2.31. The van der Waals surface area contributed by atoms with E-state index in [4.69, 9.17) is 0 Å². The third-order valence-corrected chi connectivity index (χ3v) is 5.79. The zero-order valence-corrected chi connectivity index (χ0v) is 19.1. The lowest BCUT2D eigenvalue weighted by Crippen LogP contribution is -2.42. The van der Waals surface area contributed by atoms with Crippen molar-refractivity contribution in [1.29, 1.82) is 0 Å². The first-order valence-electron chi connectivity index (χ1n) is 11.2. The largest absolute Gasteiger partial charge is 0.370 e. The standard InChI is InChI=1S/C24H38N4O2/c1-6-9-15-28(14-7-2)24(30)19-10-11-21(25-23(29)8-3)22(18-19)27-16-12-20(13-17-27)26(4)5/h8,10-11,18,20H,3,6-7,9,12-17H2,1-2,4-5H3,(H,25,29). The van der Waals surface area contributed by atoms with Gasteiger partial charge in [0.1, 0.15) is 0 Å². The second-order valence-corrected chi connectivity index (χ2v) is 8.25. The number of anilines is 2. The van der Waals surface area contributed by atoms with Gasteiger partial charge in [-0.25, -0.2) is 0 Å². The summed E-state index contributed by atoms with van der Waals surface area (Å²) in [4.78, 5) is 31.7. The van der Waals surface area contributed by atoms with Crippen LogP contribution in [-0.4, -0.2) is 67.9 Å². The third-order valence-electron chi connectivity index (χ3n) is 5.79. The fourth-order valence-corrected chi connectivity index (χ4v) is 3.96. The predicted octanol–water partition coefficient (Wildman–Crippen LogP) is 3.99. The molecule has 0 atom stereocenters. The van der Waals surface area contributed by atoms with Crippen LogP contribution < -0.4 is 10.2 Å². The molecule has 0 bridgehead atoms. The number of carbonyl (C=O) groups excluding carboxylic acids is 2. The third kappa shape index (κ3) is 6.33. The fraction of sp³-hybridized carbons (Fsp3) is 0.583. The molecule has 1 aromatic rings. The maximum Gasteiger partial charge on any atom is 0.253 e. The summed E-state index contributed by atoms with van der Waals surface area (Å²) in [5.74, 6) is -0.176. The summed E-state index contributed by atoms with van der Waals surface area (Å²) in [6.07, 6.45) is 6.38. The molecule has 1 fully saturated rings. The number of piperidine rings is 1. The van der Waals surface area contributed by atoms with Gasteiger partial charge >= 0.3 is 0 Å². The van der Waals surface area contributed by atoms with Gasteiger partial charge in [-0.2, -0.15) is 0 Å². The van der Waals surface area contributed by atoms with Crippen molar-refractivity contribution >= 4 is 23.2 Å². The summed E-state index contributed by atoms with van der Waals surface area (Å²) < 4.78 is 0. The van der Waals surface area contributed by atoms with Crippen molar-refractivity contribution in [3.8, 4) is 0 Å². The molecule has 0 aromatic heterocycles. The van der Waals surface area contributed by atoms with Crippen molar-refractivity contribution in [2.24, 2.45) is 0 Å². The van der Waals surface area contributed by atoms with E-state index in [9.17, 15) is 9.59 Å². The first kappa shape index (κ1) is 23.9. The quantitative estimate of drug-likeness (QED) is 0.588. The molecule has 6 nitrogen and oxygen atoms in total. The van der Waals surface area contributed by atoms with E-state index < -0.39 is 0 Å². The van der Waals surface area contributed by atoms with Gasteiger partial charge in [0.05, 0.1) is 11.4 Å². The van der Waals surface area contributed by atoms with E-state index in [0.717, 1.165) is 69.7 Å². The molecule has 30 heavy (non-hydrogen) atoms. The molecular weight excluding hydrogens is 376 g/mol. The van der Waals surface area contributed by atoms with Crippen LogP contribution in [-0.2, 0) is 4.79 Å². The van der Waals surface area contributed by atoms with E-state index in [1.807, 2.05) is 23.1 Å². The van der Waals surface area contributed by atoms with Crippen LogP contribution in [0.2, 0.25) is 0 Å². The minimum Gasteiger partial charge on any atom is -0.370 e. The smallest absolute Gasteiger partial charge is 0.253 e. The maximum absolute atomic E-state index is 13.2. The number of carbonyl (C=O) groups is 2. The highest BCUT2D eigenvalue weighted by atomic mass is 16.2. The Morgan fingerprint density at radius 2 is 1.87 bits per heavy atom. The van der Waals surface area contributed by atoms with Crippen LogP contribution >= 0.6 is 0 Å². The monoisotopic (exact) mass is 414 g/mol. The van der Waals surface area contributed by atoms with Crippen molar-refractivity contribution in [2.45, 2.75) is 52.0 Å². The van der Waals surface area contributed by atoms with Crippen LogP contribution in [0.15, 0.2) is 30.9 Å².